The van der Waals surface area contributed by atoms with Crippen LogP contribution in [0.4, 0.5) is 0 Å². The lowest BCUT2D eigenvalue weighted by atomic mass is 10.0. The van der Waals surface area contributed by atoms with Crippen LogP contribution in [-0.2, 0) is 4.79 Å². The lowest BCUT2D eigenvalue weighted by molar-refractivity contribution is -0.141. The molecule has 1 aromatic heterocycles. The Morgan fingerprint density at radius 2 is 2.05 bits per heavy atom. The van der Waals surface area contributed by atoms with Crippen molar-refractivity contribution >= 4 is 28.5 Å². The van der Waals surface area contributed by atoms with E-state index in [1.165, 1.54) is 0 Å². The normalized spacial score (nSPS) is 14.3. The molecule has 0 bridgehead atoms. The van der Waals surface area contributed by atoms with Crippen molar-refractivity contribution in [2.24, 2.45) is 0 Å². The number of aliphatic hydroxyl groups excluding tert-OH is 2. The SMILES string of the molecule is O=C(O)CC(O)C(O)c1ccc2nccc(Cl)c2c1. The highest BCUT2D eigenvalue weighted by atomic mass is 35.5. The molecule has 0 fully saturated rings. The Morgan fingerprint density at radius 3 is 2.74 bits per heavy atom. The monoisotopic (exact) mass is 281 g/mol. The number of benzene rings is 1. The minimum atomic E-state index is -1.37. The van der Waals surface area contributed by atoms with E-state index in [2.05, 4.69) is 4.98 Å². The summed E-state index contributed by atoms with van der Waals surface area (Å²) in [5.41, 5.74) is 1.06. The van der Waals surface area contributed by atoms with Crippen LogP contribution < -0.4 is 0 Å². The molecule has 1 heterocycles. The van der Waals surface area contributed by atoms with Crippen LogP contribution in [0.2, 0.25) is 5.02 Å². The number of hydrogen-bond acceptors (Lipinski definition) is 4. The third-order valence-electron chi connectivity index (χ3n) is 2.80. The molecule has 0 saturated carbocycles. The molecule has 0 radical (unpaired) electrons. The van der Waals surface area contributed by atoms with Crippen molar-refractivity contribution in [3.63, 3.8) is 0 Å². The first-order chi connectivity index (χ1) is 8.99. The maximum absolute atomic E-state index is 10.5. The van der Waals surface area contributed by atoms with Crippen molar-refractivity contribution in [3.8, 4) is 0 Å². The fraction of sp³-hybridized carbons (Fsp3) is 0.231. The number of hydrogen-bond donors (Lipinski definition) is 3. The first-order valence-corrected chi connectivity index (χ1v) is 5.99. The Bertz CT molecular complexity index is 617. The molecule has 0 spiro atoms. The lowest BCUT2D eigenvalue weighted by Crippen LogP contribution is -2.21. The average Bonchev–Trinajstić information content (AvgIpc) is 2.37. The van der Waals surface area contributed by atoms with Gasteiger partial charge in [0.15, 0.2) is 0 Å². The second kappa shape index (κ2) is 5.52. The smallest absolute Gasteiger partial charge is 0.306 e. The number of aliphatic carboxylic acids is 1. The molecular weight excluding hydrogens is 270 g/mol. The second-order valence-electron chi connectivity index (χ2n) is 4.18. The van der Waals surface area contributed by atoms with E-state index < -0.39 is 24.6 Å². The number of carboxylic acids is 1. The van der Waals surface area contributed by atoms with Crippen LogP contribution in [0.3, 0.4) is 0 Å². The summed E-state index contributed by atoms with van der Waals surface area (Å²) in [6, 6.07) is 6.46. The van der Waals surface area contributed by atoms with Gasteiger partial charge in [-0.3, -0.25) is 9.78 Å². The van der Waals surface area contributed by atoms with E-state index in [1.54, 1.807) is 30.5 Å². The number of fused-ring (bicyclic) bond motifs is 1. The summed E-state index contributed by atoms with van der Waals surface area (Å²) < 4.78 is 0. The van der Waals surface area contributed by atoms with E-state index in [1.807, 2.05) is 0 Å². The summed E-state index contributed by atoms with van der Waals surface area (Å²) in [4.78, 5) is 14.6. The zero-order valence-corrected chi connectivity index (χ0v) is 10.6. The zero-order chi connectivity index (χ0) is 14.0. The number of carboxylic acid groups (broad SMARTS) is 1. The molecule has 19 heavy (non-hydrogen) atoms. The highest BCUT2D eigenvalue weighted by Crippen LogP contribution is 2.27. The molecule has 2 rings (SSSR count). The number of rotatable bonds is 4. The quantitative estimate of drug-likeness (QED) is 0.794. The highest BCUT2D eigenvalue weighted by molar-refractivity contribution is 6.35. The summed E-state index contributed by atoms with van der Waals surface area (Å²) in [5, 5.41) is 29.2. The molecular formula is C13H12ClNO4. The standard InChI is InChI=1S/C13H12ClNO4/c14-9-3-4-15-10-2-1-7(5-8(9)10)13(19)11(16)6-12(17)18/h1-5,11,13,16,19H,6H2,(H,17,18). The molecule has 0 aliphatic carbocycles. The predicted molar refractivity (Wildman–Crippen MR) is 70.0 cm³/mol. The first kappa shape index (κ1) is 13.7. The Kier molecular flexibility index (Phi) is 3.99. The van der Waals surface area contributed by atoms with Crippen molar-refractivity contribution in [2.75, 3.05) is 0 Å². The molecule has 6 heteroatoms. The molecule has 3 N–H and O–H groups in total. The molecule has 0 saturated heterocycles. The molecule has 2 aromatic rings. The summed E-state index contributed by atoms with van der Waals surface area (Å²) in [6.45, 7) is 0. The van der Waals surface area contributed by atoms with Gasteiger partial charge in [-0.2, -0.15) is 0 Å². The van der Waals surface area contributed by atoms with Gasteiger partial charge in [0.05, 0.1) is 23.1 Å². The highest BCUT2D eigenvalue weighted by Gasteiger charge is 2.21. The van der Waals surface area contributed by atoms with E-state index in [4.69, 9.17) is 16.7 Å². The van der Waals surface area contributed by atoms with Crippen LogP contribution in [0, 0.1) is 0 Å². The summed E-state index contributed by atoms with van der Waals surface area (Å²) in [5.74, 6) is -1.17. The first-order valence-electron chi connectivity index (χ1n) is 5.61. The van der Waals surface area contributed by atoms with Crippen LogP contribution in [0.1, 0.15) is 18.1 Å². The van der Waals surface area contributed by atoms with Crippen molar-refractivity contribution in [2.45, 2.75) is 18.6 Å². The number of carbonyl (C=O) groups is 1. The van der Waals surface area contributed by atoms with Crippen LogP contribution in [0.25, 0.3) is 10.9 Å². The predicted octanol–water partition coefficient (Wildman–Crippen LogP) is 1.76. The van der Waals surface area contributed by atoms with Crippen LogP contribution in [0.15, 0.2) is 30.5 Å². The Hall–Kier alpha value is -1.69. The number of aromatic nitrogens is 1. The molecule has 5 nitrogen and oxygen atoms in total. The minimum Gasteiger partial charge on any atom is -0.481 e. The summed E-state index contributed by atoms with van der Waals surface area (Å²) >= 11 is 6.02. The number of pyridine rings is 1. The second-order valence-corrected chi connectivity index (χ2v) is 4.59. The van der Waals surface area contributed by atoms with E-state index >= 15 is 0 Å². The molecule has 0 aliphatic rings. The number of nitrogens with zero attached hydrogens (tertiary/aromatic N) is 1. The molecule has 100 valence electrons. The summed E-state index contributed by atoms with van der Waals surface area (Å²) in [6.07, 6.45) is -1.61. The van der Waals surface area contributed by atoms with Gasteiger partial charge in [-0.25, -0.2) is 0 Å². The number of aliphatic hydroxyl groups is 2. The van der Waals surface area contributed by atoms with Crippen molar-refractivity contribution in [1.29, 1.82) is 0 Å². The molecule has 2 atom stereocenters. The molecule has 0 aliphatic heterocycles. The fourth-order valence-corrected chi connectivity index (χ4v) is 2.03. The van der Waals surface area contributed by atoms with Gasteiger partial charge in [0.25, 0.3) is 0 Å². The van der Waals surface area contributed by atoms with Gasteiger partial charge in [-0.1, -0.05) is 17.7 Å². The van der Waals surface area contributed by atoms with Crippen LogP contribution in [0.5, 0.6) is 0 Å². The van der Waals surface area contributed by atoms with Crippen molar-refractivity contribution in [1.82, 2.24) is 4.98 Å². The van der Waals surface area contributed by atoms with E-state index in [0.717, 1.165) is 0 Å². The lowest BCUT2D eigenvalue weighted by Gasteiger charge is -2.17. The maximum atomic E-state index is 10.5. The van der Waals surface area contributed by atoms with Crippen molar-refractivity contribution < 1.29 is 20.1 Å². The number of halogens is 1. The Balaban J connectivity index is 2.35. The molecule has 2 unspecified atom stereocenters. The summed E-state index contributed by atoms with van der Waals surface area (Å²) in [7, 11) is 0. The van der Waals surface area contributed by atoms with Gasteiger partial charge in [-0.05, 0) is 23.8 Å². The van der Waals surface area contributed by atoms with Crippen LogP contribution in [-0.4, -0.2) is 32.4 Å². The fourth-order valence-electron chi connectivity index (χ4n) is 1.83. The molecule has 1 aromatic carbocycles. The van der Waals surface area contributed by atoms with Crippen molar-refractivity contribution in [3.05, 3.63) is 41.0 Å². The maximum Gasteiger partial charge on any atom is 0.306 e. The largest absolute Gasteiger partial charge is 0.481 e. The van der Waals surface area contributed by atoms with Gasteiger partial charge in [0.1, 0.15) is 6.10 Å². The van der Waals surface area contributed by atoms with E-state index in [-0.39, 0.29) is 0 Å². The van der Waals surface area contributed by atoms with Gasteiger partial charge in [0, 0.05) is 11.6 Å². The van der Waals surface area contributed by atoms with Crippen LogP contribution >= 0.6 is 11.6 Å². The Morgan fingerprint density at radius 1 is 1.32 bits per heavy atom. The third-order valence-corrected chi connectivity index (χ3v) is 3.13. The van der Waals surface area contributed by atoms with Gasteiger partial charge in [0.2, 0.25) is 0 Å². The minimum absolute atomic E-state index is 0.399. The third kappa shape index (κ3) is 3.01. The van der Waals surface area contributed by atoms with Gasteiger partial charge >= 0.3 is 5.97 Å². The van der Waals surface area contributed by atoms with Gasteiger partial charge in [-0.15, -0.1) is 0 Å². The van der Waals surface area contributed by atoms with Gasteiger partial charge < -0.3 is 15.3 Å². The average molecular weight is 282 g/mol. The zero-order valence-electron chi connectivity index (χ0n) is 9.82. The molecule has 0 amide bonds. The topological polar surface area (TPSA) is 90.7 Å². The Labute approximate surface area is 114 Å². The van der Waals surface area contributed by atoms with E-state index in [9.17, 15) is 15.0 Å². The van der Waals surface area contributed by atoms with E-state index in [0.29, 0.717) is 21.5 Å².